The van der Waals surface area contributed by atoms with E-state index >= 15 is 9.59 Å². The molecule has 0 aromatic heterocycles. The Balaban J connectivity index is 1.52. The fourth-order valence-corrected chi connectivity index (χ4v) is 7.55. The Hall–Kier alpha value is -7.53. The lowest BCUT2D eigenvalue weighted by Crippen LogP contribution is -2.56. The van der Waals surface area contributed by atoms with Crippen molar-refractivity contribution in [3.05, 3.63) is 161 Å². The number of Topliss-reactive ketones (excluding diaryl/α,β-unsaturated/α-hetero) is 2. The number of hydrogen-bond donors (Lipinski definition) is 1. The summed E-state index contributed by atoms with van der Waals surface area (Å²) in [5.74, 6) is -5.45. The molecule has 1 saturated heterocycles. The van der Waals surface area contributed by atoms with Crippen molar-refractivity contribution in [2.45, 2.75) is 5.54 Å². The number of carbonyl (C=O) groups is 5. The molecule has 0 saturated carbocycles. The third kappa shape index (κ3) is 5.31. The largest absolute Gasteiger partial charge is 0.507 e. The quantitative estimate of drug-likeness (QED) is 0.0574. The molecule has 1 unspecified atom stereocenters. The van der Waals surface area contributed by atoms with Gasteiger partial charge in [0, 0.05) is 22.5 Å². The van der Waals surface area contributed by atoms with E-state index in [1.807, 2.05) is 24.3 Å². The maximum atomic E-state index is 15.8. The van der Waals surface area contributed by atoms with Crippen molar-refractivity contribution in [3.8, 4) is 11.5 Å². The first kappa shape index (κ1) is 35.5. The Morgan fingerprint density at radius 1 is 0.607 bits per heavy atom. The summed E-state index contributed by atoms with van der Waals surface area (Å²) in [4.78, 5) is 76.6. The second-order valence-electron chi connectivity index (χ2n) is 13.1. The Bertz CT molecular complexity index is 2720. The number of anilines is 2. The molecule has 1 atom stereocenters. The minimum atomic E-state index is -2.75. The number of nitrogens with zero attached hydrogens (tertiary/aromatic N) is 2. The van der Waals surface area contributed by atoms with E-state index in [0.717, 1.165) is 27.7 Å². The summed E-state index contributed by atoms with van der Waals surface area (Å²) < 4.78 is 16.0. The molecule has 0 aliphatic carbocycles. The minimum absolute atomic E-state index is 0.00317. The number of amides is 2. The third-order valence-electron chi connectivity index (χ3n) is 10.2. The van der Waals surface area contributed by atoms with Crippen LogP contribution in [-0.2, 0) is 23.9 Å². The van der Waals surface area contributed by atoms with Crippen molar-refractivity contribution in [1.29, 1.82) is 0 Å². The zero-order valence-electron chi connectivity index (χ0n) is 30.3. The second kappa shape index (κ2) is 13.7. The van der Waals surface area contributed by atoms with Crippen molar-refractivity contribution in [2.75, 3.05) is 31.1 Å². The van der Waals surface area contributed by atoms with Crippen LogP contribution in [0.5, 0.6) is 11.5 Å². The number of benzene rings is 6. The van der Waals surface area contributed by atoms with Crippen LogP contribution in [0, 0.1) is 0 Å². The van der Waals surface area contributed by atoms with E-state index in [4.69, 9.17) is 14.2 Å². The molecule has 6 aromatic carbocycles. The van der Waals surface area contributed by atoms with Gasteiger partial charge < -0.3 is 19.3 Å². The summed E-state index contributed by atoms with van der Waals surface area (Å²) in [6, 6.07) is 36.3. The molecule has 1 fully saturated rings. The van der Waals surface area contributed by atoms with Crippen LogP contribution in [0.2, 0.25) is 0 Å². The molecule has 1 spiro atoms. The van der Waals surface area contributed by atoms with Crippen LogP contribution >= 0.6 is 0 Å². The van der Waals surface area contributed by atoms with Crippen molar-refractivity contribution in [3.63, 3.8) is 0 Å². The summed E-state index contributed by atoms with van der Waals surface area (Å²) in [5.41, 5.74) is -4.36. The van der Waals surface area contributed by atoms with Crippen LogP contribution in [0.3, 0.4) is 0 Å². The zero-order valence-corrected chi connectivity index (χ0v) is 30.3. The lowest BCUT2D eigenvalue weighted by molar-refractivity contribution is -0.136. The van der Waals surface area contributed by atoms with E-state index in [2.05, 4.69) is 0 Å². The summed E-state index contributed by atoms with van der Waals surface area (Å²) in [6.45, 7) is 0. The summed E-state index contributed by atoms with van der Waals surface area (Å²) in [6.07, 6.45) is 0. The maximum Gasteiger partial charge on any atom is 0.355 e. The van der Waals surface area contributed by atoms with Gasteiger partial charge in [-0.1, -0.05) is 72.8 Å². The van der Waals surface area contributed by atoms with Gasteiger partial charge >= 0.3 is 11.9 Å². The van der Waals surface area contributed by atoms with Gasteiger partial charge in [0.2, 0.25) is 0 Å². The Labute approximate surface area is 320 Å². The average Bonchev–Trinajstić information content (AvgIpc) is 3.64. The van der Waals surface area contributed by atoms with Gasteiger partial charge in [-0.15, -0.1) is 0 Å². The number of ketones is 2. The molecule has 2 heterocycles. The standard InChI is InChI=1S/C45H32N2O9/c1-54-34-20-16-32(17-21-34)46-38(43(52)56-3)36(39(48)30-14-12-26-8-4-6-10-28(26)24-30)45(44(46)53)37(40(49)31-15-13-27-9-5-7-11-29(27)25-31)41(50)42(51)47(45)33-18-22-35(55-2)23-19-33/h4-25,49H,1-3H3/b40-37-. The highest BCUT2D eigenvalue weighted by molar-refractivity contribution is 6.57. The number of rotatable bonds is 8. The van der Waals surface area contributed by atoms with Crippen LogP contribution in [0.15, 0.2) is 150 Å². The topological polar surface area (TPSA) is 140 Å². The number of esters is 1. The van der Waals surface area contributed by atoms with Gasteiger partial charge in [0.1, 0.15) is 23.0 Å². The Kier molecular flexibility index (Phi) is 8.69. The number of ether oxygens (including phenoxy) is 3. The highest BCUT2D eigenvalue weighted by Gasteiger charge is 2.71. The Morgan fingerprint density at radius 3 is 1.64 bits per heavy atom. The molecule has 2 aliphatic heterocycles. The van der Waals surface area contributed by atoms with Crippen LogP contribution in [0.1, 0.15) is 15.9 Å². The van der Waals surface area contributed by atoms with E-state index in [1.165, 1.54) is 56.7 Å². The van der Waals surface area contributed by atoms with Crippen molar-refractivity contribution < 1.29 is 43.3 Å². The van der Waals surface area contributed by atoms with E-state index in [9.17, 15) is 19.5 Å². The Morgan fingerprint density at radius 2 is 1.11 bits per heavy atom. The van der Waals surface area contributed by atoms with Gasteiger partial charge in [-0.2, -0.15) is 0 Å². The van der Waals surface area contributed by atoms with E-state index in [1.54, 1.807) is 66.7 Å². The lowest BCUT2D eigenvalue weighted by atomic mass is 9.77. The van der Waals surface area contributed by atoms with Gasteiger partial charge in [-0.3, -0.25) is 29.0 Å². The first-order chi connectivity index (χ1) is 27.1. The summed E-state index contributed by atoms with van der Waals surface area (Å²) in [5, 5.41) is 15.4. The molecule has 56 heavy (non-hydrogen) atoms. The summed E-state index contributed by atoms with van der Waals surface area (Å²) in [7, 11) is 3.99. The smallest absolute Gasteiger partial charge is 0.355 e. The first-order valence-corrected chi connectivity index (χ1v) is 17.4. The highest BCUT2D eigenvalue weighted by atomic mass is 16.5. The van der Waals surface area contributed by atoms with E-state index in [0.29, 0.717) is 22.3 Å². The predicted octanol–water partition coefficient (Wildman–Crippen LogP) is 6.99. The highest BCUT2D eigenvalue weighted by Crippen LogP contribution is 2.53. The molecule has 11 heteroatoms. The lowest BCUT2D eigenvalue weighted by Gasteiger charge is -2.35. The SMILES string of the molecule is COC(=O)C1=C(C(=O)c2ccc3ccccc3c2)C2(C(=O)N1c1ccc(OC)cc1)/C(=C(\O)c1ccc3ccccc3c1)C(=O)C(=O)N2c1ccc(OC)cc1. The molecule has 2 aliphatic rings. The van der Waals surface area contributed by atoms with Gasteiger partial charge in [-0.05, 0) is 82.2 Å². The van der Waals surface area contributed by atoms with E-state index in [-0.39, 0.29) is 22.5 Å². The van der Waals surface area contributed by atoms with Gasteiger partial charge in [0.05, 0.1) is 32.5 Å². The van der Waals surface area contributed by atoms with E-state index < -0.39 is 57.5 Å². The monoisotopic (exact) mass is 744 g/mol. The van der Waals surface area contributed by atoms with Gasteiger partial charge in [0.25, 0.3) is 11.7 Å². The fraction of sp³-hybridized carbons (Fsp3) is 0.0889. The third-order valence-corrected chi connectivity index (χ3v) is 10.2. The van der Waals surface area contributed by atoms with Crippen LogP contribution in [-0.4, -0.2) is 61.3 Å². The molecule has 0 radical (unpaired) electrons. The van der Waals surface area contributed by atoms with Crippen LogP contribution < -0.4 is 19.3 Å². The molecule has 1 N–H and O–H groups in total. The second-order valence-corrected chi connectivity index (χ2v) is 13.1. The van der Waals surface area contributed by atoms with Crippen LogP contribution in [0.25, 0.3) is 27.3 Å². The molecule has 8 rings (SSSR count). The maximum absolute atomic E-state index is 15.8. The fourth-order valence-electron chi connectivity index (χ4n) is 7.55. The van der Waals surface area contributed by atoms with Crippen LogP contribution in [0.4, 0.5) is 11.4 Å². The number of aliphatic hydroxyl groups is 1. The summed E-state index contributed by atoms with van der Waals surface area (Å²) >= 11 is 0. The number of hydrogen-bond acceptors (Lipinski definition) is 9. The molecular formula is C45H32N2O9. The van der Waals surface area contributed by atoms with Crippen molar-refractivity contribution in [1.82, 2.24) is 0 Å². The molecule has 11 nitrogen and oxygen atoms in total. The number of aliphatic hydroxyl groups excluding tert-OH is 1. The van der Waals surface area contributed by atoms with Crippen molar-refractivity contribution in [2.24, 2.45) is 0 Å². The number of fused-ring (bicyclic) bond motifs is 2. The molecule has 6 aromatic rings. The predicted molar refractivity (Wildman–Crippen MR) is 210 cm³/mol. The molecule has 2 amide bonds. The number of methoxy groups -OCH3 is 3. The first-order valence-electron chi connectivity index (χ1n) is 17.4. The number of carbonyl (C=O) groups excluding carboxylic acids is 5. The average molecular weight is 745 g/mol. The van der Waals surface area contributed by atoms with Gasteiger partial charge in [-0.25, -0.2) is 4.79 Å². The normalized spacial score (nSPS) is 17.7. The van der Waals surface area contributed by atoms with Gasteiger partial charge in [0.15, 0.2) is 11.3 Å². The molecule has 0 bridgehead atoms. The molecule has 276 valence electrons. The molecular weight excluding hydrogens is 712 g/mol. The van der Waals surface area contributed by atoms with Crippen molar-refractivity contribution >= 4 is 68.0 Å². The minimum Gasteiger partial charge on any atom is -0.507 e. The zero-order chi connectivity index (χ0) is 39.3.